The molecular weight excluding hydrogens is 1530 g/mol. The maximum absolute atomic E-state index is 15.2. The number of esters is 12. The number of ether oxygens (including phenoxy) is 18. The third kappa shape index (κ3) is 43.6. The van der Waals surface area contributed by atoms with Crippen LogP contribution >= 0.6 is 0 Å². The molecule has 3 saturated heterocycles. The van der Waals surface area contributed by atoms with E-state index in [1.807, 2.05) is 0 Å². The molecule has 1 amide bonds. The van der Waals surface area contributed by atoms with Gasteiger partial charge in [-0.1, -0.05) is 213 Å². The predicted molar refractivity (Wildman–Crippen MR) is 421 cm³/mol. The van der Waals surface area contributed by atoms with Gasteiger partial charge < -0.3 is 90.6 Å². The third-order valence-corrected chi connectivity index (χ3v) is 20.2. The molecule has 32 nitrogen and oxygen atoms in total. The second kappa shape index (κ2) is 59.5. The van der Waals surface area contributed by atoms with Crippen molar-refractivity contribution < 1.29 is 148 Å². The lowest BCUT2D eigenvalue weighted by atomic mass is 9.95. The van der Waals surface area contributed by atoms with Crippen molar-refractivity contribution in [1.29, 1.82) is 0 Å². The molecular formula is C85H141NO31. The fourth-order valence-corrected chi connectivity index (χ4v) is 14.9. The molecule has 672 valence electrons. The first-order chi connectivity index (χ1) is 55.8. The molecule has 0 aromatic carbocycles. The molecule has 0 saturated carbocycles. The quantitative estimate of drug-likeness (QED) is 0.0336. The highest BCUT2D eigenvalue weighted by Crippen LogP contribution is 2.39. The summed E-state index contributed by atoms with van der Waals surface area (Å²) >= 11 is 0. The van der Waals surface area contributed by atoms with E-state index in [1.165, 1.54) is 122 Å². The van der Waals surface area contributed by atoms with E-state index in [2.05, 4.69) is 19.2 Å². The molecule has 0 bridgehead atoms. The minimum absolute atomic E-state index is 0.0384. The summed E-state index contributed by atoms with van der Waals surface area (Å²) in [4.78, 5) is 173. The maximum Gasteiger partial charge on any atom is 0.303 e. The number of unbranched alkanes of at least 4 members (excludes halogenated alkanes) is 31. The number of amides is 1. The van der Waals surface area contributed by atoms with Gasteiger partial charge in [-0.25, -0.2) is 0 Å². The summed E-state index contributed by atoms with van der Waals surface area (Å²) in [5, 5.41) is 2.87. The first-order valence-electron chi connectivity index (χ1n) is 42.9. The van der Waals surface area contributed by atoms with Gasteiger partial charge in [0.15, 0.2) is 73.8 Å². The van der Waals surface area contributed by atoms with Crippen molar-refractivity contribution in [2.45, 2.75) is 445 Å². The van der Waals surface area contributed by atoms with E-state index in [4.69, 9.17) is 85.3 Å². The van der Waals surface area contributed by atoms with E-state index in [-0.39, 0.29) is 12.8 Å². The van der Waals surface area contributed by atoms with Gasteiger partial charge in [0, 0.05) is 83.1 Å². The summed E-state index contributed by atoms with van der Waals surface area (Å²) in [6.45, 7) is 15.7. The van der Waals surface area contributed by atoms with E-state index in [1.54, 1.807) is 0 Å². The summed E-state index contributed by atoms with van der Waals surface area (Å²) in [5.74, 6) is -12.3. The molecule has 3 heterocycles. The Morgan fingerprint density at radius 1 is 0.299 bits per heavy atom. The van der Waals surface area contributed by atoms with Gasteiger partial charge in [-0.2, -0.15) is 0 Å². The Balaban J connectivity index is 2.29. The van der Waals surface area contributed by atoms with Crippen LogP contribution in [0.5, 0.6) is 0 Å². The van der Waals surface area contributed by atoms with E-state index >= 15 is 4.79 Å². The first-order valence-corrected chi connectivity index (χ1v) is 42.9. The zero-order valence-corrected chi connectivity index (χ0v) is 72.5. The topological polar surface area (TPSA) is 400 Å². The monoisotopic (exact) mass is 1670 g/mol. The Bertz CT molecular complexity index is 2970. The van der Waals surface area contributed by atoms with Gasteiger partial charge in [-0.05, 0) is 32.6 Å². The average Bonchev–Trinajstić information content (AvgIpc) is 0.761. The van der Waals surface area contributed by atoms with Crippen molar-refractivity contribution in [2.24, 2.45) is 0 Å². The van der Waals surface area contributed by atoms with Crippen molar-refractivity contribution in [3.63, 3.8) is 0 Å². The fourth-order valence-electron chi connectivity index (χ4n) is 14.9. The van der Waals surface area contributed by atoms with E-state index in [0.717, 1.165) is 154 Å². The van der Waals surface area contributed by atoms with Gasteiger partial charge in [0.25, 0.3) is 5.91 Å². The normalized spacial score (nSPS) is 24.0. The van der Waals surface area contributed by atoms with Gasteiger partial charge in [-0.3, -0.25) is 62.3 Å². The lowest BCUT2D eigenvalue weighted by molar-refractivity contribution is -0.386. The van der Waals surface area contributed by atoms with Crippen LogP contribution in [0.1, 0.15) is 329 Å². The molecule has 0 aliphatic carbocycles. The Morgan fingerprint density at radius 3 is 0.983 bits per heavy atom. The summed E-state index contributed by atoms with van der Waals surface area (Å²) in [5.41, 5.74) is 0. The van der Waals surface area contributed by atoms with Crippen LogP contribution in [-0.2, 0) is 148 Å². The van der Waals surface area contributed by atoms with Crippen molar-refractivity contribution in [3.05, 3.63) is 0 Å². The first kappa shape index (κ1) is 104. The number of rotatable bonds is 60. The second-order valence-electron chi connectivity index (χ2n) is 30.9. The van der Waals surface area contributed by atoms with Crippen LogP contribution in [0, 0.1) is 0 Å². The average molecular weight is 1670 g/mol. The lowest BCUT2D eigenvalue weighted by Crippen LogP contribution is -2.69. The number of carbonyl (C=O) groups is 13. The van der Waals surface area contributed by atoms with Crippen LogP contribution in [-0.4, -0.2) is 214 Å². The Labute approximate surface area is 692 Å². The van der Waals surface area contributed by atoms with Crippen LogP contribution in [0.2, 0.25) is 0 Å². The molecule has 1 N–H and O–H groups in total. The molecule has 0 aromatic heterocycles. The van der Waals surface area contributed by atoms with Gasteiger partial charge in [0.2, 0.25) is 0 Å². The smallest absolute Gasteiger partial charge is 0.303 e. The SMILES string of the molecule is CCCCCCCCCCCCCCCCCCCCCC[C@@H](OC(C)=O)C(=O)N[C@@H](CO[C@@H]1O[C@H](COC(C)=O)[C@@H](O[C@@H]2O[C@H](COC(C)=O)[C@H](OC(C)=O)[C@H](OC(C)=O)[C@H]2OC(C)=O)[C@H](O[C@@H]2O[C@@H](C)[C@@H](OC(C)=O)[C@@H](OC(C)=O)[C@@H]2OC(C)=O)[C@H]1OC(C)=O)[C@H](OC(C)=O)[C@@H](CCCCCCCCCCCCCCC)OC(C)=O. The van der Waals surface area contributed by atoms with Crippen molar-refractivity contribution in [3.8, 4) is 0 Å². The molecule has 3 rings (SSSR count). The highest BCUT2D eigenvalue weighted by molar-refractivity contribution is 5.83. The summed E-state index contributed by atoms with van der Waals surface area (Å²) in [6.07, 6.45) is 3.65. The number of nitrogens with one attached hydrogen (secondary N) is 1. The Kier molecular flexibility index (Phi) is 52.9. The largest absolute Gasteiger partial charge is 0.463 e. The molecule has 117 heavy (non-hydrogen) atoms. The molecule has 3 aliphatic rings. The molecule has 0 spiro atoms. The molecule has 3 fully saturated rings. The molecule has 32 heteroatoms. The summed E-state index contributed by atoms with van der Waals surface area (Å²) in [7, 11) is 0. The second-order valence-corrected chi connectivity index (χ2v) is 30.9. The minimum Gasteiger partial charge on any atom is -0.463 e. The number of carbonyl (C=O) groups excluding carboxylic acids is 13. The van der Waals surface area contributed by atoms with Crippen LogP contribution < -0.4 is 5.32 Å². The van der Waals surface area contributed by atoms with Gasteiger partial charge in [-0.15, -0.1) is 0 Å². The van der Waals surface area contributed by atoms with E-state index in [0.29, 0.717) is 25.7 Å². The number of hydrogen-bond acceptors (Lipinski definition) is 31. The zero-order valence-electron chi connectivity index (χ0n) is 72.5. The van der Waals surface area contributed by atoms with Gasteiger partial charge in [0.1, 0.15) is 43.7 Å². The standard InChI is InChI=1S/C85H141NO31/c1-16-18-20-22-24-26-28-30-31-32-33-34-35-36-38-40-42-44-46-48-50-69(105-58(7)90)82(99)86-67(73(107-60(9)92)68(104-57(6)89)49-47-45-43-41-39-37-29-27-25-23-21-19-17-2)51-102-83-79(111-64(13)96)78(117-84-80(112-65(14)97)76(109-62(11)94)72(54(3)103-84)106-59(8)91)75(71(114-83)53-101-56(5)88)116-85-81(113-66(15)98)77(110-63(12)95)74(108-61(10)93)70(115-85)52-100-55(4)87/h54,67-81,83-85H,16-53H2,1-15H3,(H,86,99)/t54-,67-,68+,69+,70+,71+,72+,73-,74-,75+,76+,77-,78-,79+,80-,81+,83+,84-,85-/m0/s1. The summed E-state index contributed by atoms with van der Waals surface area (Å²) < 4.78 is 109. The molecule has 0 radical (unpaired) electrons. The lowest BCUT2D eigenvalue weighted by Gasteiger charge is -2.50. The van der Waals surface area contributed by atoms with Crippen molar-refractivity contribution >= 4 is 77.5 Å². The minimum atomic E-state index is -2.13. The van der Waals surface area contributed by atoms with Crippen LogP contribution in [0.3, 0.4) is 0 Å². The molecule has 3 aliphatic heterocycles. The highest BCUT2D eigenvalue weighted by atomic mass is 16.8. The van der Waals surface area contributed by atoms with E-state index in [9.17, 15) is 57.5 Å². The predicted octanol–water partition coefficient (Wildman–Crippen LogP) is 12.6. The maximum atomic E-state index is 15.2. The zero-order chi connectivity index (χ0) is 86.8. The molecule has 0 aromatic rings. The van der Waals surface area contributed by atoms with Crippen molar-refractivity contribution in [1.82, 2.24) is 5.32 Å². The molecule has 0 unspecified atom stereocenters. The van der Waals surface area contributed by atoms with Crippen LogP contribution in [0.4, 0.5) is 0 Å². The van der Waals surface area contributed by atoms with Gasteiger partial charge in [0.05, 0.1) is 18.8 Å². The fraction of sp³-hybridized carbons (Fsp3) is 0.847. The summed E-state index contributed by atoms with van der Waals surface area (Å²) in [6, 6.07) is -1.63. The van der Waals surface area contributed by atoms with Crippen LogP contribution in [0.15, 0.2) is 0 Å². The number of hydrogen-bond donors (Lipinski definition) is 1. The Morgan fingerprint density at radius 2 is 0.607 bits per heavy atom. The van der Waals surface area contributed by atoms with E-state index < -0.39 is 214 Å². The van der Waals surface area contributed by atoms with Crippen LogP contribution in [0.25, 0.3) is 0 Å². The highest BCUT2D eigenvalue weighted by Gasteiger charge is 2.60. The van der Waals surface area contributed by atoms with Gasteiger partial charge >= 0.3 is 71.6 Å². The molecule has 19 atom stereocenters. The Hall–Kier alpha value is -7.13. The third-order valence-electron chi connectivity index (χ3n) is 20.2. The van der Waals surface area contributed by atoms with Crippen molar-refractivity contribution in [2.75, 3.05) is 19.8 Å².